The molecule has 1 aromatic carbocycles. The van der Waals surface area contributed by atoms with E-state index < -0.39 is 6.04 Å². The molecule has 1 saturated carbocycles. The molecule has 2 aromatic heterocycles. The molecule has 3 heterocycles. The SMILES string of the molecule is NC1CCC(NC(=O)[C@H]2CC(N(Cc3ccc(F)cc3)Cc3cccs3)CCN2C(=O)c2cccnc2)CC1. The first-order valence-corrected chi connectivity index (χ1v) is 14.6. The van der Waals surface area contributed by atoms with Crippen LogP contribution in [0.25, 0.3) is 0 Å². The molecule has 0 spiro atoms. The fraction of sp³-hybridized carbons (Fsp3) is 0.433. The van der Waals surface area contributed by atoms with Gasteiger partial charge in [-0.2, -0.15) is 0 Å². The van der Waals surface area contributed by atoms with Gasteiger partial charge >= 0.3 is 0 Å². The number of nitrogens with zero attached hydrogens (tertiary/aromatic N) is 3. The smallest absolute Gasteiger partial charge is 0.256 e. The largest absolute Gasteiger partial charge is 0.352 e. The summed E-state index contributed by atoms with van der Waals surface area (Å²) >= 11 is 1.70. The lowest BCUT2D eigenvalue weighted by Crippen LogP contribution is -2.58. The summed E-state index contributed by atoms with van der Waals surface area (Å²) in [4.78, 5) is 36.7. The van der Waals surface area contributed by atoms with Gasteiger partial charge in [-0.15, -0.1) is 11.3 Å². The molecular formula is C30H36FN5O2S. The van der Waals surface area contributed by atoms with Crippen molar-refractivity contribution in [3.05, 3.63) is 88.1 Å². The first-order valence-electron chi connectivity index (χ1n) is 13.7. The predicted molar refractivity (Wildman–Crippen MR) is 150 cm³/mol. The maximum atomic E-state index is 13.8. The summed E-state index contributed by atoms with van der Waals surface area (Å²) < 4.78 is 13.6. The van der Waals surface area contributed by atoms with Crippen LogP contribution in [0.1, 0.15) is 59.3 Å². The van der Waals surface area contributed by atoms with Gasteiger partial charge in [-0.25, -0.2) is 4.39 Å². The van der Waals surface area contributed by atoms with Crippen molar-refractivity contribution in [2.24, 2.45) is 5.73 Å². The molecule has 3 aromatic rings. The van der Waals surface area contributed by atoms with Gasteiger partial charge in [0, 0.05) is 55.0 Å². The number of carbonyl (C=O) groups is 2. The Hall–Kier alpha value is -3.14. The molecule has 3 N–H and O–H groups in total. The topological polar surface area (TPSA) is 91.6 Å². The maximum Gasteiger partial charge on any atom is 0.256 e. The molecule has 7 nitrogen and oxygen atoms in total. The molecule has 39 heavy (non-hydrogen) atoms. The van der Waals surface area contributed by atoms with Crippen LogP contribution in [0.4, 0.5) is 4.39 Å². The molecule has 0 radical (unpaired) electrons. The molecule has 0 bridgehead atoms. The summed E-state index contributed by atoms with van der Waals surface area (Å²) in [6.07, 6.45) is 7.95. The quantitative estimate of drug-likeness (QED) is 0.436. The number of pyridine rings is 1. The van der Waals surface area contributed by atoms with Crippen molar-refractivity contribution in [2.75, 3.05) is 6.54 Å². The van der Waals surface area contributed by atoms with E-state index in [2.05, 4.69) is 26.6 Å². The Balaban J connectivity index is 1.37. The zero-order chi connectivity index (χ0) is 27.2. The van der Waals surface area contributed by atoms with Gasteiger partial charge in [0.05, 0.1) is 5.56 Å². The third-order valence-electron chi connectivity index (χ3n) is 7.92. The van der Waals surface area contributed by atoms with Gasteiger partial charge in [0.1, 0.15) is 11.9 Å². The standard InChI is InChI=1S/C30H36FN5O2S/c31-23-7-5-21(6-8-23)19-35(20-27-4-2-16-39-27)26-13-15-36(30(38)22-3-1-14-33-18-22)28(17-26)29(37)34-25-11-9-24(32)10-12-25/h1-8,14,16,18,24-26,28H,9-13,15,17,19-20,32H2,(H,34,37)/t24?,25?,26?,28-/m1/s1. The zero-order valence-electron chi connectivity index (χ0n) is 22.0. The molecule has 1 saturated heterocycles. The summed E-state index contributed by atoms with van der Waals surface area (Å²) in [5, 5.41) is 5.31. The Morgan fingerprint density at radius 2 is 1.85 bits per heavy atom. The molecule has 1 aliphatic heterocycles. The van der Waals surface area contributed by atoms with E-state index in [1.54, 1.807) is 40.8 Å². The van der Waals surface area contributed by atoms with Crippen molar-refractivity contribution < 1.29 is 14.0 Å². The number of carbonyl (C=O) groups excluding carboxylic acids is 2. The first-order chi connectivity index (χ1) is 19.0. The van der Waals surface area contributed by atoms with Gasteiger partial charge in [-0.1, -0.05) is 18.2 Å². The summed E-state index contributed by atoms with van der Waals surface area (Å²) in [7, 11) is 0. The van der Waals surface area contributed by atoms with Crippen LogP contribution in [-0.4, -0.2) is 57.3 Å². The van der Waals surface area contributed by atoms with Crippen LogP contribution in [0.3, 0.4) is 0 Å². The van der Waals surface area contributed by atoms with E-state index in [0.29, 0.717) is 25.1 Å². The van der Waals surface area contributed by atoms with E-state index in [1.165, 1.54) is 17.0 Å². The van der Waals surface area contributed by atoms with Crippen LogP contribution < -0.4 is 11.1 Å². The van der Waals surface area contributed by atoms with Crippen LogP contribution >= 0.6 is 11.3 Å². The first kappa shape index (κ1) is 27.4. The van der Waals surface area contributed by atoms with Crippen LogP contribution in [0, 0.1) is 5.82 Å². The molecule has 9 heteroatoms. The van der Waals surface area contributed by atoms with Crippen molar-refractivity contribution in [3.63, 3.8) is 0 Å². The monoisotopic (exact) mass is 549 g/mol. The number of nitrogens with one attached hydrogen (secondary N) is 1. The van der Waals surface area contributed by atoms with Crippen LogP contribution in [0.5, 0.6) is 0 Å². The van der Waals surface area contributed by atoms with Crippen LogP contribution in [-0.2, 0) is 17.9 Å². The van der Waals surface area contributed by atoms with Crippen LogP contribution in [0.2, 0.25) is 0 Å². The number of aromatic nitrogens is 1. The molecule has 5 rings (SSSR count). The number of nitrogens with two attached hydrogens (primary N) is 1. The summed E-state index contributed by atoms with van der Waals surface area (Å²) in [5.41, 5.74) is 7.58. The number of halogens is 1. The lowest BCUT2D eigenvalue weighted by molar-refractivity contribution is -0.128. The Kier molecular flexibility index (Phi) is 9.01. The maximum absolute atomic E-state index is 13.8. The summed E-state index contributed by atoms with van der Waals surface area (Å²) in [6.45, 7) is 1.83. The average Bonchev–Trinajstić information content (AvgIpc) is 3.48. The van der Waals surface area contributed by atoms with Gasteiger partial charge in [-0.05, 0) is 79.8 Å². The molecule has 1 aliphatic carbocycles. The molecule has 2 aliphatic rings. The van der Waals surface area contributed by atoms with Gasteiger partial charge < -0.3 is 16.0 Å². The molecule has 2 fully saturated rings. The average molecular weight is 550 g/mol. The van der Waals surface area contributed by atoms with E-state index in [-0.39, 0.29) is 35.8 Å². The normalized spacial score (nSPS) is 23.5. The van der Waals surface area contributed by atoms with E-state index in [1.807, 2.05) is 18.2 Å². The molecule has 2 atom stereocenters. The lowest BCUT2D eigenvalue weighted by Gasteiger charge is -2.43. The highest BCUT2D eigenvalue weighted by atomic mass is 32.1. The minimum atomic E-state index is -0.592. The zero-order valence-corrected chi connectivity index (χ0v) is 22.9. The second-order valence-electron chi connectivity index (χ2n) is 10.7. The number of rotatable bonds is 8. The number of hydrogen-bond acceptors (Lipinski definition) is 6. The number of hydrogen-bond donors (Lipinski definition) is 2. The molecule has 1 unspecified atom stereocenters. The molecule has 206 valence electrons. The van der Waals surface area contributed by atoms with Gasteiger partial charge in [0.15, 0.2) is 0 Å². The summed E-state index contributed by atoms with van der Waals surface area (Å²) in [5.74, 6) is -0.530. The van der Waals surface area contributed by atoms with Crippen molar-refractivity contribution in [3.8, 4) is 0 Å². The van der Waals surface area contributed by atoms with Gasteiger partial charge in [0.25, 0.3) is 5.91 Å². The number of piperidine rings is 1. The van der Waals surface area contributed by atoms with E-state index >= 15 is 0 Å². The van der Waals surface area contributed by atoms with Crippen molar-refractivity contribution in [2.45, 2.75) is 75.8 Å². The number of thiophene rings is 1. The Labute approximate surface area is 233 Å². The Bertz CT molecular complexity index is 1220. The minimum absolute atomic E-state index is 0.0747. The number of benzene rings is 1. The van der Waals surface area contributed by atoms with E-state index in [9.17, 15) is 14.0 Å². The van der Waals surface area contributed by atoms with Crippen LogP contribution in [0.15, 0.2) is 66.3 Å². The van der Waals surface area contributed by atoms with Gasteiger partial charge in [0.2, 0.25) is 5.91 Å². The Morgan fingerprint density at radius 3 is 2.54 bits per heavy atom. The second kappa shape index (κ2) is 12.8. The van der Waals surface area contributed by atoms with Crippen molar-refractivity contribution >= 4 is 23.2 Å². The second-order valence-corrected chi connectivity index (χ2v) is 11.7. The third-order valence-corrected chi connectivity index (χ3v) is 8.78. The number of amides is 2. The summed E-state index contributed by atoms with van der Waals surface area (Å²) in [6, 6.07) is 14.0. The van der Waals surface area contributed by atoms with Crippen molar-refractivity contribution in [1.82, 2.24) is 20.1 Å². The van der Waals surface area contributed by atoms with E-state index in [0.717, 1.165) is 44.2 Å². The highest BCUT2D eigenvalue weighted by molar-refractivity contribution is 7.09. The highest BCUT2D eigenvalue weighted by Crippen LogP contribution is 2.28. The molecular weight excluding hydrogens is 513 g/mol. The highest BCUT2D eigenvalue weighted by Gasteiger charge is 2.39. The van der Waals surface area contributed by atoms with Gasteiger partial charge in [-0.3, -0.25) is 19.5 Å². The fourth-order valence-corrected chi connectivity index (χ4v) is 6.46. The predicted octanol–water partition coefficient (Wildman–Crippen LogP) is 4.34. The third kappa shape index (κ3) is 7.09. The Morgan fingerprint density at radius 1 is 1.05 bits per heavy atom. The number of likely N-dealkylation sites (tertiary alicyclic amines) is 1. The van der Waals surface area contributed by atoms with Crippen molar-refractivity contribution in [1.29, 1.82) is 0 Å². The van der Waals surface area contributed by atoms with E-state index in [4.69, 9.17) is 5.73 Å². The minimum Gasteiger partial charge on any atom is -0.352 e. The molecule has 2 amide bonds. The lowest BCUT2D eigenvalue weighted by atomic mass is 9.90. The fourth-order valence-electron chi connectivity index (χ4n) is 5.73.